The number of carbonyl (C=O) groups excluding carboxylic acids is 1. The van der Waals surface area contributed by atoms with E-state index in [-0.39, 0.29) is 6.09 Å². The summed E-state index contributed by atoms with van der Waals surface area (Å²) in [7, 11) is 0. The second-order valence-electron chi connectivity index (χ2n) is 9.41. The first-order valence-electron chi connectivity index (χ1n) is 11.1. The average Bonchev–Trinajstić information content (AvgIpc) is 3.09. The molecule has 5 heteroatoms. The van der Waals surface area contributed by atoms with Gasteiger partial charge >= 0.3 is 6.09 Å². The number of aromatic nitrogens is 1. The molecular weight excluding hydrogens is 364 g/mol. The molecule has 1 aliphatic heterocycles. The second-order valence-corrected chi connectivity index (χ2v) is 9.41. The first-order chi connectivity index (χ1) is 13.8. The maximum Gasteiger partial charge on any atom is 0.410 e. The number of piperidine rings is 1. The van der Waals surface area contributed by atoms with Crippen molar-refractivity contribution in [2.45, 2.75) is 85.2 Å². The molecule has 0 bridgehead atoms. The Bertz CT molecular complexity index is 826. The highest BCUT2D eigenvalue weighted by Crippen LogP contribution is 2.29. The van der Waals surface area contributed by atoms with Crippen LogP contribution in [0.4, 0.5) is 4.79 Å². The molecule has 0 spiro atoms. The fourth-order valence-corrected chi connectivity index (χ4v) is 4.12. The maximum absolute atomic E-state index is 12.2. The van der Waals surface area contributed by atoms with E-state index in [4.69, 9.17) is 9.26 Å². The molecule has 0 N–H and O–H groups in total. The van der Waals surface area contributed by atoms with Crippen LogP contribution in [-0.4, -0.2) is 34.8 Å². The number of hydrogen-bond donors (Lipinski definition) is 0. The molecule has 29 heavy (non-hydrogen) atoms. The van der Waals surface area contributed by atoms with Crippen molar-refractivity contribution < 1.29 is 14.1 Å². The summed E-state index contributed by atoms with van der Waals surface area (Å²) in [5.41, 5.74) is 4.20. The minimum absolute atomic E-state index is 0.187. The largest absolute Gasteiger partial charge is 0.444 e. The van der Waals surface area contributed by atoms with E-state index in [2.05, 4.69) is 31.1 Å². The van der Waals surface area contributed by atoms with Crippen LogP contribution in [0.2, 0.25) is 0 Å². The van der Waals surface area contributed by atoms with Crippen molar-refractivity contribution >= 4 is 17.1 Å². The van der Waals surface area contributed by atoms with E-state index in [1.54, 1.807) is 0 Å². The van der Waals surface area contributed by atoms with Crippen LogP contribution < -0.4 is 0 Å². The lowest BCUT2D eigenvalue weighted by molar-refractivity contribution is 0.0181. The molecule has 1 aromatic heterocycles. The Morgan fingerprint density at radius 2 is 1.97 bits per heavy atom. The lowest BCUT2D eigenvalue weighted by Crippen LogP contribution is -2.41. The molecule has 0 unspecified atom stereocenters. The van der Waals surface area contributed by atoms with Gasteiger partial charge in [-0.05, 0) is 89.3 Å². The first-order valence-corrected chi connectivity index (χ1v) is 11.1. The summed E-state index contributed by atoms with van der Waals surface area (Å²) >= 11 is 0. The van der Waals surface area contributed by atoms with Gasteiger partial charge in [0.1, 0.15) is 5.60 Å². The number of aryl methyl sites for hydroxylation is 3. The van der Waals surface area contributed by atoms with Crippen molar-refractivity contribution in [2.24, 2.45) is 5.92 Å². The normalized spacial score (nSPS) is 15.8. The molecule has 0 atom stereocenters. The third-order valence-corrected chi connectivity index (χ3v) is 5.93. The van der Waals surface area contributed by atoms with E-state index in [9.17, 15) is 4.79 Å². The Labute approximate surface area is 174 Å². The molecule has 2 heterocycles. The summed E-state index contributed by atoms with van der Waals surface area (Å²) < 4.78 is 11.2. The van der Waals surface area contributed by atoms with E-state index in [1.807, 2.05) is 25.7 Å². The van der Waals surface area contributed by atoms with Crippen molar-refractivity contribution in [1.82, 2.24) is 10.1 Å². The topological polar surface area (TPSA) is 55.6 Å². The van der Waals surface area contributed by atoms with Crippen LogP contribution in [0.1, 0.15) is 76.6 Å². The summed E-state index contributed by atoms with van der Waals surface area (Å²) in [5, 5.41) is 5.55. The Kier molecular flexibility index (Phi) is 6.86. The molecule has 1 amide bonds. The van der Waals surface area contributed by atoms with Gasteiger partial charge in [0, 0.05) is 18.5 Å². The van der Waals surface area contributed by atoms with Crippen molar-refractivity contribution in [1.29, 1.82) is 0 Å². The highest BCUT2D eigenvalue weighted by Gasteiger charge is 2.27. The third kappa shape index (κ3) is 5.52. The number of nitrogens with zero attached hydrogens (tertiary/aromatic N) is 2. The van der Waals surface area contributed by atoms with Crippen molar-refractivity contribution in [3.63, 3.8) is 0 Å². The standard InChI is InChI=1S/C24H36N2O3/c1-6-7-8-19-10-11-20-21(25-29-22(20)17(19)2)12-9-18-13-15-26(16-14-18)23(27)28-24(3,4)5/h10-11,18H,6-9,12-16H2,1-5H3. The zero-order chi connectivity index (χ0) is 21.0. The maximum atomic E-state index is 12.2. The SMILES string of the molecule is CCCCc1ccc2c(CCC3CCN(C(=O)OC(C)(C)C)CC3)noc2c1C. The van der Waals surface area contributed by atoms with Crippen LogP contribution >= 0.6 is 0 Å². The van der Waals surface area contributed by atoms with Crippen LogP contribution in [-0.2, 0) is 17.6 Å². The van der Waals surface area contributed by atoms with E-state index in [1.165, 1.54) is 24.0 Å². The summed E-state index contributed by atoms with van der Waals surface area (Å²) in [5.74, 6) is 0.616. The van der Waals surface area contributed by atoms with Crippen LogP contribution in [0.5, 0.6) is 0 Å². The van der Waals surface area contributed by atoms with Crippen LogP contribution in [0.3, 0.4) is 0 Å². The highest BCUT2D eigenvalue weighted by atomic mass is 16.6. The van der Waals surface area contributed by atoms with Gasteiger partial charge in [-0.2, -0.15) is 0 Å². The number of hydrogen-bond acceptors (Lipinski definition) is 4. The number of rotatable bonds is 6. The smallest absolute Gasteiger partial charge is 0.410 e. The molecule has 1 aliphatic rings. The molecule has 3 rings (SSSR count). The van der Waals surface area contributed by atoms with Gasteiger partial charge in [-0.15, -0.1) is 0 Å². The molecular formula is C24H36N2O3. The third-order valence-electron chi connectivity index (χ3n) is 5.93. The summed E-state index contributed by atoms with van der Waals surface area (Å²) in [6.07, 6.45) is 7.38. The molecule has 1 aromatic carbocycles. The van der Waals surface area contributed by atoms with Gasteiger partial charge in [0.2, 0.25) is 0 Å². The van der Waals surface area contributed by atoms with E-state index in [0.29, 0.717) is 5.92 Å². The fourth-order valence-electron chi connectivity index (χ4n) is 4.12. The molecule has 1 fully saturated rings. The predicted molar refractivity (Wildman–Crippen MR) is 116 cm³/mol. The molecule has 1 saturated heterocycles. The minimum atomic E-state index is -0.434. The van der Waals surface area contributed by atoms with Crippen molar-refractivity contribution in [3.8, 4) is 0 Å². The van der Waals surface area contributed by atoms with Crippen molar-refractivity contribution in [2.75, 3.05) is 13.1 Å². The Balaban J connectivity index is 1.54. The fraction of sp³-hybridized carbons (Fsp3) is 0.667. The van der Waals surface area contributed by atoms with Gasteiger partial charge in [-0.1, -0.05) is 24.6 Å². The van der Waals surface area contributed by atoms with Gasteiger partial charge in [-0.3, -0.25) is 0 Å². The highest BCUT2D eigenvalue weighted by molar-refractivity contribution is 5.83. The number of unbranched alkanes of at least 4 members (excludes halogenated alkanes) is 1. The van der Waals surface area contributed by atoms with Gasteiger partial charge in [-0.25, -0.2) is 4.79 Å². The van der Waals surface area contributed by atoms with Crippen LogP contribution in [0, 0.1) is 12.8 Å². The zero-order valence-electron chi connectivity index (χ0n) is 18.7. The minimum Gasteiger partial charge on any atom is -0.444 e. The average molecular weight is 401 g/mol. The van der Waals surface area contributed by atoms with Gasteiger partial charge in [0.05, 0.1) is 5.69 Å². The molecule has 5 nitrogen and oxygen atoms in total. The van der Waals surface area contributed by atoms with Gasteiger partial charge in [0.25, 0.3) is 0 Å². The lowest BCUT2D eigenvalue weighted by Gasteiger charge is -2.33. The van der Waals surface area contributed by atoms with E-state index in [0.717, 1.165) is 61.9 Å². The monoisotopic (exact) mass is 400 g/mol. The number of ether oxygens (including phenoxy) is 1. The van der Waals surface area contributed by atoms with Crippen LogP contribution in [0.15, 0.2) is 16.7 Å². The van der Waals surface area contributed by atoms with Crippen molar-refractivity contribution in [3.05, 3.63) is 29.0 Å². The number of benzene rings is 1. The summed E-state index contributed by atoms with van der Waals surface area (Å²) in [6.45, 7) is 11.7. The van der Waals surface area contributed by atoms with Gasteiger partial charge < -0.3 is 14.2 Å². The van der Waals surface area contributed by atoms with E-state index < -0.39 is 5.60 Å². The van der Waals surface area contributed by atoms with Gasteiger partial charge in [0.15, 0.2) is 5.58 Å². The molecule has 0 aliphatic carbocycles. The number of amides is 1. The second kappa shape index (κ2) is 9.19. The molecule has 160 valence electrons. The number of likely N-dealkylation sites (tertiary alicyclic amines) is 1. The Hall–Kier alpha value is -2.04. The molecule has 0 saturated carbocycles. The summed E-state index contributed by atoms with van der Waals surface area (Å²) in [4.78, 5) is 14.1. The molecule has 2 aromatic rings. The Morgan fingerprint density at radius 1 is 1.24 bits per heavy atom. The first kappa shape index (κ1) is 21.7. The van der Waals surface area contributed by atoms with Crippen LogP contribution in [0.25, 0.3) is 11.0 Å². The zero-order valence-corrected chi connectivity index (χ0v) is 18.7. The number of carbonyl (C=O) groups is 1. The molecule has 0 radical (unpaired) electrons. The predicted octanol–water partition coefficient (Wildman–Crippen LogP) is 6.06. The number of fused-ring (bicyclic) bond motifs is 1. The lowest BCUT2D eigenvalue weighted by atomic mass is 9.91. The Morgan fingerprint density at radius 3 is 2.62 bits per heavy atom. The summed E-state index contributed by atoms with van der Waals surface area (Å²) in [6, 6.07) is 4.43. The quantitative estimate of drug-likeness (QED) is 0.591. The van der Waals surface area contributed by atoms with E-state index >= 15 is 0 Å².